The van der Waals surface area contributed by atoms with Gasteiger partial charge >= 0.3 is 11.9 Å². The number of carbonyl (C=O) groups is 4. The zero-order valence-corrected chi connectivity index (χ0v) is 32.2. The second-order valence-corrected chi connectivity index (χ2v) is 14.4. The second-order valence-electron chi connectivity index (χ2n) is 14.4. The van der Waals surface area contributed by atoms with Gasteiger partial charge < -0.3 is 40.0 Å². The number of amides is 2. The van der Waals surface area contributed by atoms with Crippen molar-refractivity contribution in [3.8, 4) is 39.7 Å². The van der Waals surface area contributed by atoms with Gasteiger partial charge in [0.05, 0.1) is 17.7 Å². The fraction of sp³-hybridized carbons (Fsp3) is 0.0851. The molecule has 5 aromatic carbocycles. The molecule has 5 aromatic rings. The molecule has 60 heavy (non-hydrogen) atoms. The maximum atomic E-state index is 13.3. The summed E-state index contributed by atoms with van der Waals surface area (Å²) in [5, 5.41) is 37.9. The van der Waals surface area contributed by atoms with Gasteiger partial charge in [-0.25, -0.2) is 9.59 Å². The van der Waals surface area contributed by atoms with E-state index >= 15 is 0 Å². The van der Waals surface area contributed by atoms with Crippen LogP contribution in [0.3, 0.4) is 0 Å². The fourth-order valence-corrected chi connectivity index (χ4v) is 7.34. The first kappa shape index (κ1) is 38.7. The Bertz CT molecular complexity index is 3110. The summed E-state index contributed by atoms with van der Waals surface area (Å²) < 4.78 is 12.1. The van der Waals surface area contributed by atoms with Crippen LogP contribution in [0.1, 0.15) is 47.8 Å². The third-order valence-corrected chi connectivity index (χ3v) is 10.2. The van der Waals surface area contributed by atoms with Crippen molar-refractivity contribution < 1.29 is 43.7 Å². The Hall–Kier alpha value is -8.19. The van der Waals surface area contributed by atoms with Crippen molar-refractivity contribution in [2.75, 3.05) is 25.5 Å². The Morgan fingerprint density at radius 2 is 1.45 bits per heavy atom. The minimum Gasteiger partial charge on any atom is -0.508 e. The average molecular weight is 802 g/mol. The van der Waals surface area contributed by atoms with Gasteiger partial charge in [0.1, 0.15) is 28.6 Å². The molecule has 0 fully saturated rings. The molecule has 0 saturated carbocycles. The number of hydrogen-bond donors (Lipinski definition) is 5. The van der Waals surface area contributed by atoms with Crippen LogP contribution in [0.4, 0.5) is 5.69 Å². The van der Waals surface area contributed by atoms with Crippen molar-refractivity contribution in [2.24, 2.45) is 0 Å². The molecule has 0 spiro atoms. The van der Waals surface area contributed by atoms with E-state index in [0.717, 1.165) is 5.69 Å². The maximum Gasteiger partial charge on any atom is 0.336 e. The Morgan fingerprint density at radius 1 is 0.717 bits per heavy atom. The summed E-state index contributed by atoms with van der Waals surface area (Å²) in [4.78, 5) is 65.7. The van der Waals surface area contributed by atoms with Crippen molar-refractivity contribution in [1.82, 2.24) is 10.6 Å². The zero-order chi connectivity index (χ0) is 42.4. The van der Waals surface area contributed by atoms with E-state index in [-0.39, 0.29) is 45.8 Å². The summed E-state index contributed by atoms with van der Waals surface area (Å²) in [6.07, 6.45) is 0. The van der Waals surface area contributed by atoms with E-state index in [1.54, 1.807) is 42.5 Å². The molecule has 2 aliphatic heterocycles. The number of fused-ring (bicyclic) bond motifs is 4. The first-order chi connectivity index (χ1) is 28.7. The quantitative estimate of drug-likeness (QED) is 0.109. The van der Waals surface area contributed by atoms with Crippen LogP contribution >= 0.6 is 0 Å². The van der Waals surface area contributed by atoms with Gasteiger partial charge in [-0.1, -0.05) is 36.9 Å². The van der Waals surface area contributed by atoms with Crippen molar-refractivity contribution in [3.05, 3.63) is 163 Å². The number of ether oxygens (including phenoxy) is 1. The number of anilines is 1. The molecule has 13 heteroatoms. The molecule has 1 aliphatic carbocycles. The Kier molecular flexibility index (Phi) is 9.85. The SMILES string of the molecule is C=c1ccc2c(c1)Oc1cc(N(C)C)ccc1C=2c1ccc(C(=O)NCC(=O)NCc2ccc(-c3c4ccc(=O)cc-4oc4cc(O)ccc34)c(C(=O)O)c2)cc1C(=O)O. The van der Waals surface area contributed by atoms with Crippen LogP contribution in [0.5, 0.6) is 17.2 Å². The lowest BCUT2D eigenvalue weighted by Gasteiger charge is -2.24. The Morgan fingerprint density at radius 3 is 2.22 bits per heavy atom. The lowest BCUT2D eigenvalue weighted by Crippen LogP contribution is -2.36. The van der Waals surface area contributed by atoms with Crippen LogP contribution in [-0.2, 0) is 11.3 Å². The second kappa shape index (κ2) is 15.3. The molecule has 5 N–H and O–H groups in total. The average Bonchev–Trinajstić information content (AvgIpc) is 3.22. The summed E-state index contributed by atoms with van der Waals surface area (Å²) in [7, 11) is 3.80. The van der Waals surface area contributed by atoms with Crippen molar-refractivity contribution in [3.63, 3.8) is 0 Å². The molecule has 0 unspecified atom stereocenters. The van der Waals surface area contributed by atoms with Crippen LogP contribution in [0.25, 0.3) is 45.6 Å². The van der Waals surface area contributed by atoms with Gasteiger partial charge in [-0.15, -0.1) is 0 Å². The lowest BCUT2D eigenvalue weighted by molar-refractivity contribution is -0.120. The fourth-order valence-electron chi connectivity index (χ4n) is 7.34. The van der Waals surface area contributed by atoms with Gasteiger partial charge in [-0.2, -0.15) is 0 Å². The number of nitrogens with one attached hydrogen (secondary N) is 2. The van der Waals surface area contributed by atoms with Crippen LogP contribution in [0.15, 0.2) is 118 Å². The predicted octanol–water partition coefficient (Wildman–Crippen LogP) is 5.54. The summed E-state index contributed by atoms with van der Waals surface area (Å²) in [5.74, 6) is -2.59. The number of carboxylic acids is 2. The van der Waals surface area contributed by atoms with E-state index in [4.69, 9.17) is 9.15 Å². The highest BCUT2D eigenvalue weighted by atomic mass is 16.5. The van der Waals surface area contributed by atoms with Gasteiger partial charge in [0.25, 0.3) is 5.91 Å². The number of phenols is 1. The number of rotatable bonds is 10. The molecule has 13 nitrogen and oxygen atoms in total. The molecule has 2 heterocycles. The number of aromatic carboxylic acids is 2. The monoisotopic (exact) mass is 801 g/mol. The lowest BCUT2D eigenvalue weighted by atomic mass is 9.88. The molecule has 0 bridgehead atoms. The van der Waals surface area contributed by atoms with Gasteiger partial charge in [0.2, 0.25) is 5.91 Å². The number of phenolic OH excluding ortho intramolecular Hbond substituents is 1. The zero-order valence-electron chi connectivity index (χ0n) is 32.2. The van der Waals surface area contributed by atoms with Gasteiger partial charge in [-0.3, -0.25) is 14.4 Å². The van der Waals surface area contributed by atoms with Crippen molar-refractivity contribution >= 4 is 52.6 Å². The minimum absolute atomic E-state index is 0.0188. The number of carboxylic acid groups (broad SMARTS) is 2. The summed E-state index contributed by atoms with van der Waals surface area (Å²) in [5.41, 5.74) is 4.00. The first-order valence-electron chi connectivity index (χ1n) is 18.6. The molecule has 298 valence electrons. The highest BCUT2D eigenvalue weighted by molar-refractivity contribution is 6.08. The summed E-state index contributed by atoms with van der Waals surface area (Å²) in [6.45, 7) is 3.47. The number of carbonyl (C=O) groups excluding carboxylic acids is 2. The van der Waals surface area contributed by atoms with Crippen molar-refractivity contribution in [1.29, 1.82) is 0 Å². The number of nitrogens with zero attached hydrogens (tertiary/aromatic N) is 1. The van der Waals surface area contributed by atoms with E-state index in [1.807, 2.05) is 43.3 Å². The number of aromatic hydroxyl groups is 1. The number of benzene rings is 6. The number of hydrogen-bond acceptors (Lipinski definition) is 9. The van der Waals surface area contributed by atoms with Crippen LogP contribution < -0.4 is 36.1 Å². The van der Waals surface area contributed by atoms with Gasteiger partial charge in [0, 0.05) is 83.0 Å². The third-order valence-electron chi connectivity index (χ3n) is 10.2. The largest absolute Gasteiger partial charge is 0.508 e. The van der Waals surface area contributed by atoms with Crippen LogP contribution in [0.2, 0.25) is 0 Å². The van der Waals surface area contributed by atoms with E-state index < -0.39 is 30.3 Å². The molecular formula is C47H35N3O10. The Balaban J connectivity index is 1.01. The van der Waals surface area contributed by atoms with Gasteiger partial charge in [-0.05, 0) is 82.6 Å². The van der Waals surface area contributed by atoms with Gasteiger partial charge in [0.15, 0.2) is 5.43 Å². The van der Waals surface area contributed by atoms with Crippen LogP contribution in [-0.4, -0.2) is 59.7 Å². The molecule has 0 aromatic heterocycles. The highest BCUT2D eigenvalue weighted by Crippen LogP contribution is 2.42. The summed E-state index contributed by atoms with van der Waals surface area (Å²) in [6, 6.07) is 28.6. The normalized spacial score (nSPS) is 11.7. The molecule has 8 rings (SSSR count). The minimum atomic E-state index is -1.26. The van der Waals surface area contributed by atoms with E-state index in [9.17, 15) is 39.3 Å². The molecule has 3 aliphatic rings. The molecule has 0 saturated heterocycles. The maximum absolute atomic E-state index is 13.3. The molecular weight excluding hydrogens is 767 g/mol. The van der Waals surface area contributed by atoms with Crippen molar-refractivity contribution in [2.45, 2.75) is 6.54 Å². The van der Waals surface area contributed by atoms with Crippen LogP contribution in [0, 0.1) is 0 Å². The highest BCUT2D eigenvalue weighted by Gasteiger charge is 2.26. The molecule has 0 radical (unpaired) electrons. The van der Waals surface area contributed by atoms with E-state index in [1.165, 1.54) is 42.5 Å². The Labute approximate surface area is 341 Å². The van der Waals surface area contributed by atoms with E-state index in [2.05, 4.69) is 17.2 Å². The standard InChI is InChI=1S/C47H35N3O10/c1-24-4-10-32-38(16-24)59-39-19-27(50(2)3)7-13-33(39)44(32)31-12-6-26(18-37(31)47(57)58)45(54)49-23-42(53)48-22-25-5-11-30(36(17-25)46(55)56)43-34-14-8-28(51)20-40(34)60-41-21-29(52)9-15-35(41)43/h4-21,51H,1,22-23H2,2-3H3,(H,48,53)(H,49,54)(H,55,56)(H,57,58). The smallest absolute Gasteiger partial charge is 0.336 e. The predicted molar refractivity (Wildman–Crippen MR) is 224 cm³/mol. The first-order valence-corrected chi connectivity index (χ1v) is 18.6. The topological polar surface area (TPSA) is 196 Å². The van der Waals surface area contributed by atoms with E-state index in [0.29, 0.717) is 66.3 Å². The molecule has 2 amide bonds. The third kappa shape index (κ3) is 7.26. The summed E-state index contributed by atoms with van der Waals surface area (Å²) >= 11 is 0. The molecule has 0 atom stereocenters.